The maximum Gasteiger partial charge on any atom is 0.410 e. The molecule has 1 aliphatic heterocycles. The molecular weight excluding hydrogens is 166 g/mol. The second-order valence-corrected chi connectivity index (χ2v) is 4.28. The van der Waals surface area contributed by atoms with E-state index >= 15 is 0 Å². The number of rotatable bonds is 1. The molecule has 1 saturated heterocycles. The molecule has 2 rings (SSSR count). The molecule has 0 aromatic heterocycles. The van der Waals surface area contributed by atoms with Crippen LogP contribution in [-0.4, -0.2) is 29.2 Å². The van der Waals surface area contributed by atoms with Gasteiger partial charge in [0.2, 0.25) is 0 Å². The van der Waals surface area contributed by atoms with Crippen molar-refractivity contribution < 1.29 is 9.53 Å². The Hall–Kier alpha value is -0.730. The molecule has 2 fully saturated rings. The van der Waals surface area contributed by atoms with Crippen LogP contribution in [0.2, 0.25) is 0 Å². The van der Waals surface area contributed by atoms with Gasteiger partial charge in [-0.05, 0) is 33.1 Å². The van der Waals surface area contributed by atoms with Gasteiger partial charge in [0.15, 0.2) is 0 Å². The minimum Gasteiger partial charge on any atom is -0.444 e. The van der Waals surface area contributed by atoms with Crippen LogP contribution < -0.4 is 0 Å². The van der Waals surface area contributed by atoms with Crippen LogP contribution in [0.25, 0.3) is 0 Å². The third-order valence-corrected chi connectivity index (χ3v) is 3.04. The van der Waals surface area contributed by atoms with Gasteiger partial charge in [-0.15, -0.1) is 0 Å². The summed E-state index contributed by atoms with van der Waals surface area (Å²) in [7, 11) is 0. The van der Waals surface area contributed by atoms with Crippen molar-refractivity contribution in [1.29, 1.82) is 0 Å². The van der Waals surface area contributed by atoms with Crippen molar-refractivity contribution >= 4 is 6.09 Å². The molecule has 0 radical (unpaired) electrons. The Kier molecular flexibility index (Phi) is 2.18. The fraction of sp³-hybridized carbons (Fsp3) is 0.900. The number of ether oxygens (including phenoxy) is 1. The predicted octanol–water partition coefficient (Wildman–Crippen LogP) is 2.16. The molecule has 2 unspecified atom stereocenters. The van der Waals surface area contributed by atoms with Crippen LogP contribution in [0.1, 0.15) is 39.5 Å². The zero-order valence-corrected chi connectivity index (χ0v) is 8.32. The van der Waals surface area contributed by atoms with Gasteiger partial charge >= 0.3 is 6.09 Å². The standard InChI is InChI=1S/C10H17NO2/c1-7(2)11-8-5-3-4-6-9(8)13-10(11)12/h7-9H,3-6H2,1-2H3. The van der Waals surface area contributed by atoms with Crippen molar-refractivity contribution in [2.24, 2.45) is 0 Å². The largest absolute Gasteiger partial charge is 0.444 e. The summed E-state index contributed by atoms with van der Waals surface area (Å²) in [6, 6.07) is 0.641. The monoisotopic (exact) mass is 183 g/mol. The van der Waals surface area contributed by atoms with E-state index in [2.05, 4.69) is 13.8 Å². The van der Waals surface area contributed by atoms with Crippen molar-refractivity contribution in [3.8, 4) is 0 Å². The highest BCUT2D eigenvalue weighted by atomic mass is 16.6. The number of carbonyl (C=O) groups is 1. The molecule has 1 heterocycles. The Bertz CT molecular complexity index is 215. The minimum absolute atomic E-state index is 0.105. The molecule has 2 aliphatic rings. The summed E-state index contributed by atoms with van der Waals surface area (Å²) in [4.78, 5) is 13.4. The minimum atomic E-state index is -0.105. The molecule has 0 N–H and O–H groups in total. The first kappa shape index (κ1) is 8.85. The van der Waals surface area contributed by atoms with Gasteiger partial charge in [-0.2, -0.15) is 0 Å². The van der Waals surface area contributed by atoms with Crippen LogP contribution in [0, 0.1) is 0 Å². The third kappa shape index (κ3) is 1.40. The Balaban J connectivity index is 2.13. The molecule has 74 valence electrons. The number of hydrogen-bond donors (Lipinski definition) is 0. The van der Waals surface area contributed by atoms with E-state index in [1.54, 1.807) is 0 Å². The van der Waals surface area contributed by atoms with Crippen LogP contribution >= 0.6 is 0 Å². The molecule has 1 saturated carbocycles. The SMILES string of the molecule is CC(C)N1C(=O)OC2CCCCC21. The zero-order chi connectivity index (χ0) is 9.42. The van der Waals surface area contributed by atoms with Gasteiger partial charge in [0.25, 0.3) is 0 Å². The maximum atomic E-state index is 11.5. The van der Waals surface area contributed by atoms with Crippen LogP contribution in [0.15, 0.2) is 0 Å². The topological polar surface area (TPSA) is 29.5 Å². The van der Waals surface area contributed by atoms with Crippen molar-refractivity contribution in [1.82, 2.24) is 4.90 Å². The summed E-state index contributed by atoms with van der Waals surface area (Å²) < 4.78 is 5.33. The van der Waals surface area contributed by atoms with Crippen molar-refractivity contribution in [2.75, 3.05) is 0 Å². The lowest BCUT2D eigenvalue weighted by Crippen LogP contribution is -2.42. The van der Waals surface area contributed by atoms with Gasteiger partial charge < -0.3 is 4.74 Å². The molecule has 3 nitrogen and oxygen atoms in total. The van der Waals surface area contributed by atoms with Crippen LogP contribution in [0.3, 0.4) is 0 Å². The molecule has 1 aliphatic carbocycles. The third-order valence-electron chi connectivity index (χ3n) is 3.04. The van der Waals surface area contributed by atoms with Crippen molar-refractivity contribution in [2.45, 2.75) is 57.7 Å². The lowest BCUT2D eigenvalue weighted by Gasteiger charge is -2.30. The first-order valence-corrected chi connectivity index (χ1v) is 5.19. The molecule has 1 amide bonds. The van der Waals surface area contributed by atoms with Gasteiger partial charge in [0.1, 0.15) is 6.10 Å². The molecule has 0 spiro atoms. The first-order chi connectivity index (χ1) is 6.20. The zero-order valence-electron chi connectivity index (χ0n) is 8.32. The summed E-state index contributed by atoms with van der Waals surface area (Å²) in [5, 5.41) is 0. The van der Waals surface area contributed by atoms with Crippen molar-refractivity contribution in [3.05, 3.63) is 0 Å². The normalized spacial score (nSPS) is 33.5. The van der Waals surface area contributed by atoms with Gasteiger partial charge in [-0.3, -0.25) is 4.90 Å². The van der Waals surface area contributed by atoms with Gasteiger partial charge in [0, 0.05) is 6.04 Å². The van der Waals surface area contributed by atoms with Gasteiger partial charge in [-0.1, -0.05) is 6.42 Å². The summed E-state index contributed by atoms with van der Waals surface area (Å²) in [5.41, 5.74) is 0. The van der Waals surface area contributed by atoms with Crippen LogP contribution in [-0.2, 0) is 4.74 Å². The number of fused-ring (bicyclic) bond motifs is 1. The number of carbonyl (C=O) groups excluding carboxylic acids is 1. The van der Waals surface area contributed by atoms with E-state index in [4.69, 9.17) is 4.74 Å². The molecule has 0 bridgehead atoms. The van der Waals surface area contributed by atoms with E-state index in [0.29, 0.717) is 6.04 Å². The number of amides is 1. The summed E-state index contributed by atoms with van der Waals surface area (Å²) in [6.45, 7) is 4.11. The van der Waals surface area contributed by atoms with E-state index in [0.717, 1.165) is 12.8 Å². The highest BCUT2D eigenvalue weighted by Crippen LogP contribution is 2.32. The number of hydrogen-bond acceptors (Lipinski definition) is 2. The van der Waals surface area contributed by atoms with Crippen molar-refractivity contribution in [3.63, 3.8) is 0 Å². The molecular formula is C10H17NO2. The first-order valence-electron chi connectivity index (χ1n) is 5.19. The second kappa shape index (κ2) is 3.20. The Morgan fingerprint density at radius 1 is 1.38 bits per heavy atom. The van der Waals surface area contributed by atoms with E-state index in [1.165, 1.54) is 12.8 Å². The lowest BCUT2D eigenvalue weighted by atomic mass is 9.92. The van der Waals surface area contributed by atoms with E-state index in [9.17, 15) is 4.79 Å². The highest BCUT2D eigenvalue weighted by Gasteiger charge is 2.43. The summed E-state index contributed by atoms with van der Waals surface area (Å²) in [6.07, 6.45) is 4.70. The van der Waals surface area contributed by atoms with E-state index in [-0.39, 0.29) is 18.2 Å². The van der Waals surface area contributed by atoms with E-state index in [1.807, 2.05) is 4.90 Å². The van der Waals surface area contributed by atoms with Crippen LogP contribution in [0.4, 0.5) is 4.79 Å². The van der Waals surface area contributed by atoms with Crippen LogP contribution in [0.5, 0.6) is 0 Å². The Labute approximate surface area is 79.0 Å². The molecule has 0 aromatic rings. The fourth-order valence-corrected chi connectivity index (χ4v) is 2.45. The average molecular weight is 183 g/mol. The molecule has 2 atom stereocenters. The summed E-state index contributed by atoms with van der Waals surface area (Å²) >= 11 is 0. The van der Waals surface area contributed by atoms with Gasteiger partial charge in [0.05, 0.1) is 6.04 Å². The molecule has 0 aromatic carbocycles. The van der Waals surface area contributed by atoms with E-state index < -0.39 is 0 Å². The Morgan fingerprint density at radius 2 is 2.08 bits per heavy atom. The maximum absolute atomic E-state index is 11.5. The molecule has 13 heavy (non-hydrogen) atoms. The Morgan fingerprint density at radius 3 is 2.77 bits per heavy atom. The highest BCUT2D eigenvalue weighted by molar-refractivity contribution is 5.71. The predicted molar refractivity (Wildman–Crippen MR) is 49.5 cm³/mol. The molecule has 3 heteroatoms. The fourth-order valence-electron chi connectivity index (χ4n) is 2.45. The smallest absolute Gasteiger partial charge is 0.410 e. The number of nitrogens with zero attached hydrogens (tertiary/aromatic N) is 1. The second-order valence-electron chi connectivity index (χ2n) is 4.28. The van der Waals surface area contributed by atoms with Gasteiger partial charge in [-0.25, -0.2) is 4.79 Å². The summed E-state index contributed by atoms with van der Waals surface area (Å²) in [5.74, 6) is 0. The average Bonchev–Trinajstić information content (AvgIpc) is 2.39. The lowest BCUT2D eigenvalue weighted by molar-refractivity contribution is 0.113. The quantitative estimate of drug-likeness (QED) is 0.623.